The summed E-state index contributed by atoms with van der Waals surface area (Å²) in [7, 11) is 0. The van der Waals surface area contributed by atoms with Crippen molar-refractivity contribution in [3.05, 3.63) is 0 Å². The van der Waals surface area contributed by atoms with Crippen LogP contribution >= 0.6 is 0 Å². The average molecular weight is 178 g/mol. The molecular weight excluding hydrogens is 166 g/mol. The van der Waals surface area contributed by atoms with E-state index in [9.17, 15) is 13.6 Å². The van der Waals surface area contributed by atoms with Crippen LogP contribution in [0.4, 0.5) is 8.78 Å². The van der Waals surface area contributed by atoms with Gasteiger partial charge in [-0.3, -0.25) is 4.79 Å². The summed E-state index contributed by atoms with van der Waals surface area (Å²) in [5, 5.41) is 0. The Morgan fingerprint density at radius 2 is 2.25 bits per heavy atom. The fraction of sp³-hybridized carbons (Fsp3) is 0.857. The number of nitrogens with zero attached hydrogens (tertiary/aromatic N) is 1. The summed E-state index contributed by atoms with van der Waals surface area (Å²) in [6.45, 7) is 1.21. The van der Waals surface area contributed by atoms with E-state index in [0.29, 0.717) is 19.9 Å². The van der Waals surface area contributed by atoms with E-state index in [-0.39, 0.29) is 12.6 Å². The van der Waals surface area contributed by atoms with E-state index in [1.807, 2.05) is 0 Å². The number of carbonyl (C=O) groups excluding carboxylic acids is 1. The number of nitrogens with two attached hydrogens (primary N) is 1. The Morgan fingerprint density at radius 3 is 2.58 bits per heavy atom. The van der Waals surface area contributed by atoms with Crippen LogP contribution in [0.2, 0.25) is 0 Å². The van der Waals surface area contributed by atoms with E-state index in [1.54, 1.807) is 0 Å². The number of amides is 1. The quantitative estimate of drug-likeness (QED) is 0.623. The van der Waals surface area contributed by atoms with E-state index in [0.717, 1.165) is 4.90 Å². The maximum absolute atomic E-state index is 12.5. The van der Waals surface area contributed by atoms with Crippen molar-refractivity contribution in [3.63, 3.8) is 0 Å². The van der Waals surface area contributed by atoms with Gasteiger partial charge in [-0.25, -0.2) is 0 Å². The highest BCUT2D eigenvalue weighted by Crippen LogP contribution is 2.18. The van der Waals surface area contributed by atoms with Crippen LogP contribution in [0.1, 0.15) is 13.3 Å². The number of hydrogen-bond acceptors (Lipinski definition) is 2. The van der Waals surface area contributed by atoms with Crippen molar-refractivity contribution in [2.75, 3.05) is 13.1 Å². The molecule has 5 heteroatoms. The zero-order valence-electron chi connectivity index (χ0n) is 6.89. The lowest BCUT2D eigenvalue weighted by atomic mass is 10.3. The monoisotopic (exact) mass is 178 g/mol. The first-order valence-electron chi connectivity index (χ1n) is 3.84. The predicted octanol–water partition coefficient (Wildman–Crippen LogP) is 0.201. The molecule has 1 heterocycles. The second-order valence-electron chi connectivity index (χ2n) is 3.19. The molecule has 0 aromatic heterocycles. The molecule has 0 spiro atoms. The smallest absolute Gasteiger partial charge is 0.322 e. The van der Waals surface area contributed by atoms with E-state index >= 15 is 0 Å². The normalized spacial score (nSPS) is 24.7. The third-order valence-electron chi connectivity index (χ3n) is 1.89. The van der Waals surface area contributed by atoms with Gasteiger partial charge in [0.15, 0.2) is 0 Å². The zero-order valence-corrected chi connectivity index (χ0v) is 6.89. The van der Waals surface area contributed by atoms with Gasteiger partial charge in [0.1, 0.15) is 0 Å². The van der Waals surface area contributed by atoms with Gasteiger partial charge < -0.3 is 10.6 Å². The molecule has 0 aromatic carbocycles. The van der Waals surface area contributed by atoms with E-state index in [4.69, 9.17) is 5.73 Å². The van der Waals surface area contributed by atoms with Crippen molar-refractivity contribution in [1.29, 1.82) is 0 Å². The summed E-state index contributed by atoms with van der Waals surface area (Å²) in [5.41, 5.74) is 5.47. The first-order chi connectivity index (χ1) is 5.41. The molecule has 0 bridgehead atoms. The first kappa shape index (κ1) is 9.38. The van der Waals surface area contributed by atoms with Crippen molar-refractivity contribution in [2.24, 2.45) is 5.73 Å². The van der Waals surface area contributed by atoms with Crippen molar-refractivity contribution in [2.45, 2.75) is 25.3 Å². The highest BCUT2D eigenvalue weighted by molar-refractivity contribution is 5.83. The minimum Gasteiger partial charge on any atom is -0.336 e. The molecular formula is C7H12F2N2O. The van der Waals surface area contributed by atoms with Crippen LogP contribution in [0, 0.1) is 0 Å². The summed E-state index contributed by atoms with van der Waals surface area (Å²) in [6, 6.07) is -0.142. The van der Waals surface area contributed by atoms with Gasteiger partial charge in [-0.05, 0) is 6.42 Å². The standard InChI is InChI=1S/C7H12F2N2O/c1-7(8,9)6(12)11-3-2-5(10)4-11/h5H,2-4,10H2,1H3/t5-/m0/s1. The Balaban J connectivity index is 2.55. The SMILES string of the molecule is CC(F)(F)C(=O)N1CC[C@H](N)C1. The molecule has 1 rings (SSSR count). The third kappa shape index (κ3) is 1.91. The second-order valence-corrected chi connectivity index (χ2v) is 3.19. The second kappa shape index (κ2) is 2.97. The lowest BCUT2D eigenvalue weighted by molar-refractivity contribution is -0.153. The molecule has 3 nitrogen and oxygen atoms in total. The highest BCUT2D eigenvalue weighted by Gasteiger charge is 2.38. The van der Waals surface area contributed by atoms with Crippen LogP contribution < -0.4 is 5.73 Å². The first-order valence-corrected chi connectivity index (χ1v) is 3.84. The van der Waals surface area contributed by atoms with Crippen LogP contribution in [0.3, 0.4) is 0 Å². The van der Waals surface area contributed by atoms with Crippen molar-refractivity contribution < 1.29 is 13.6 Å². The highest BCUT2D eigenvalue weighted by atomic mass is 19.3. The minimum atomic E-state index is -3.26. The molecule has 1 saturated heterocycles. The van der Waals surface area contributed by atoms with Gasteiger partial charge in [-0.2, -0.15) is 8.78 Å². The van der Waals surface area contributed by atoms with Crippen LogP contribution in [-0.4, -0.2) is 35.9 Å². The molecule has 70 valence electrons. The van der Waals surface area contributed by atoms with Crippen molar-refractivity contribution in [1.82, 2.24) is 4.90 Å². The van der Waals surface area contributed by atoms with Crippen LogP contribution in [0.5, 0.6) is 0 Å². The molecule has 1 aliphatic heterocycles. The van der Waals surface area contributed by atoms with Gasteiger partial charge in [0, 0.05) is 26.1 Å². The number of halogens is 2. The van der Waals surface area contributed by atoms with Gasteiger partial charge in [0.25, 0.3) is 5.91 Å². The lowest BCUT2D eigenvalue weighted by Gasteiger charge is -2.19. The van der Waals surface area contributed by atoms with Crippen molar-refractivity contribution >= 4 is 5.91 Å². The third-order valence-corrected chi connectivity index (χ3v) is 1.89. The molecule has 1 atom stereocenters. The van der Waals surface area contributed by atoms with Gasteiger partial charge in [0.05, 0.1) is 0 Å². The van der Waals surface area contributed by atoms with Crippen LogP contribution in [0.25, 0.3) is 0 Å². The lowest BCUT2D eigenvalue weighted by Crippen LogP contribution is -2.41. The fourth-order valence-corrected chi connectivity index (χ4v) is 1.25. The number of alkyl halides is 2. The Kier molecular flexibility index (Phi) is 2.32. The van der Waals surface area contributed by atoms with E-state index < -0.39 is 11.8 Å². The minimum absolute atomic E-state index is 0.142. The molecule has 0 unspecified atom stereocenters. The van der Waals surface area contributed by atoms with Crippen LogP contribution in [0.15, 0.2) is 0 Å². The van der Waals surface area contributed by atoms with Gasteiger partial charge in [-0.15, -0.1) is 0 Å². The summed E-state index contributed by atoms with van der Waals surface area (Å²) in [6.07, 6.45) is 0.613. The Bertz CT molecular complexity index is 190. The number of rotatable bonds is 1. The maximum Gasteiger partial charge on any atom is 0.322 e. The molecule has 2 N–H and O–H groups in total. The predicted molar refractivity (Wildman–Crippen MR) is 39.8 cm³/mol. The van der Waals surface area contributed by atoms with Gasteiger partial charge in [-0.1, -0.05) is 0 Å². The molecule has 0 saturated carbocycles. The molecule has 12 heavy (non-hydrogen) atoms. The number of likely N-dealkylation sites (tertiary alicyclic amines) is 1. The summed E-state index contributed by atoms with van der Waals surface area (Å²) in [5.74, 6) is -4.38. The van der Waals surface area contributed by atoms with E-state index in [2.05, 4.69) is 0 Å². The Morgan fingerprint density at radius 1 is 1.67 bits per heavy atom. The largest absolute Gasteiger partial charge is 0.336 e. The number of hydrogen-bond donors (Lipinski definition) is 1. The maximum atomic E-state index is 12.5. The zero-order chi connectivity index (χ0) is 9.35. The molecule has 1 amide bonds. The Hall–Kier alpha value is -0.710. The molecule has 0 aromatic rings. The summed E-state index contributed by atoms with van der Waals surface area (Å²) >= 11 is 0. The van der Waals surface area contributed by atoms with Gasteiger partial charge >= 0.3 is 5.92 Å². The summed E-state index contributed by atoms with van der Waals surface area (Å²) in [4.78, 5) is 12.0. The van der Waals surface area contributed by atoms with Gasteiger partial charge in [0.2, 0.25) is 0 Å². The van der Waals surface area contributed by atoms with Crippen LogP contribution in [-0.2, 0) is 4.79 Å². The van der Waals surface area contributed by atoms with Crippen molar-refractivity contribution in [3.8, 4) is 0 Å². The fourth-order valence-electron chi connectivity index (χ4n) is 1.25. The molecule has 0 aliphatic carbocycles. The average Bonchev–Trinajstić information content (AvgIpc) is 2.32. The Labute approximate surface area is 69.5 Å². The topological polar surface area (TPSA) is 46.3 Å². The molecule has 1 fully saturated rings. The summed E-state index contributed by atoms with van der Waals surface area (Å²) < 4.78 is 24.9. The molecule has 1 aliphatic rings. The van der Waals surface area contributed by atoms with E-state index in [1.165, 1.54) is 0 Å². The molecule has 0 radical (unpaired) electrons. The number of carbonyl (C=O) groups is 1.